The van der Waals surface area contributed by atoms with Gasteiger partial charge in [0.15, 0.2) is 5.70 Å². The topological polar surface area (TPSA) is 38.7 Å². The van der Waals surface area contributed by atoms with Gasteiger partial charge in [0.1, 0.15) is 0 Å². The number of halogens is 4. The highest BCUT2D eigenvalue weighted by Gasteiger charge is 2.33. The van der Waals surface area contributed by atoms with Gasteiger partial charge in [0.2, 0.25) is 5.90 Å². The maximum atomic E-state index is 13.0. The molecule has 2 aromatic rings. The van der Waals surface area contributed by atoms with Crippen LogP contribution in [0.25, 0.3) is 6.08 Å². The molecule has 1 heterocycles. The van der Waals surface area contributed by atoms with Crippen LogP contribution in [0.3, 0.4) is 0 Å². The fourth-order valence-electron chi connectivity index (χ4n) is 2.18. The summed E-state index contributed by atoms with van der Waals surface area (Å²) in [5.74, 6) is -0.819. The van der Waals surface area contributed by atoms with Crippen LogP contribution < -0.4 is 0 Å². The van der Waals surface area contributed by atoms with E-state index in [4.69, 9.17) is 16.3 Å². The normalized spacial score (nSPS) is 16.2. The number of carbonyl (C=O) groups excluding carboxylic acids is 1. The molecule has 1 aliphatic rings. The van der Waals surface area contributed by atoms with Gasteiger partial charge in [0, 0.05) is 10.6 Å². The number of carbonyl (C=O) groups is 1. The molecule has 24 heavy (non-hydrogen) atoms. The van der Waals surface area contributed by atoms with E-state index in [2.05, 4.69) is 4.99 Å². The summed E-state index contributed by atoms with van der Waals surface area (Å²) in [6.07, 6.45) is -3.47. The zero-order chi connectivity index (χ0) is 17.3. The summed E-state index contributed by atoms with van der Waals surface area (Å²) in [5.41, 5.74) is -0.755. The van der Waals surface area contributed by atoms with Crippen LogP contribution in [0.1, 0.15) is 16.7 Å². The van der Waals surface area contributed by atoms with Gasteiger partial charge in [-0.2, -0.15) is 13.2 Å². The fourth-order valence-corrected chi connectivity index (χ4v) is 2.37. The molecule has 2 aromatic carbocycles. The average Bonchev–Trinajstić information content (AvgIpc) is 2.88. The molecule has 0 spiro atoms. The second-order valence-electron chi connectivity index (χ2n) is 4.93. The van der Waals surface area contributed by atoms with E-state index in [1.807, 2.05) is 0 Å². The Kier molecular flexibility index (Phi) is 4.15. The van der Waals surface area contributed by atoms with Crippen molar-refractivity contribution in [2.45, 2.75) is 6.18 Å². The second kappa shape index (κ2) is 6.13. The van der Waals surface area contributed by atoms with Crippen LogP contribution in [-0.4, -0.2) is 11.9 Å². The van der Waals surface area contributed by atoms with Crippen LogP contribution in [-0.2, 0) is 15.7 Å². The van der Waals surface area contributed by atoms with E-state index in [1.54, 1.807) is 24.3 Å². The molecule has 0 atom stereocenters. The van der Waals surface area contributed by atoms with Crippen molar-refractivity contribution in [2.24, 2.45) is 4.99 Å². The second-order valence-corrected chi connectivity index (χ2v) is 5.37. The fraction of sp³-hybridized carbons (Fsp3) is 0.0588. The molecule has 7 heteroatoms. The van der Waals surface area contributed by atoms with Gasteiger partial charge in [0.05, 0.1) is 5.56 Å². The number of ether oxygens (including phenoxy) is 1. The first kappa shape index (κ1) is 16.3. The van der Waals surface area contributed by atoms with E-state index in [0.29, 0.717) is 10.6 Å². The molecular formula is C17H9ClF3NO2. The number of rotatable bonds is 2. The van der Waals surface area contributed by atoms with Crippen molar-refractivity contribution in [3.63, 3.8) is 0 Å². The summed E-state index contributed by atoms with van der Waals surface area (Å²) < 4.78 is 44.0. The first-order valence-electron chi connectivity index (χ1n) is 6.79. The van der Waals surface area contributed by atoms with E-state index in [0.717, 1.165) is 12.1 Å². The lowest BCUT2D eigenvalue weighted by atomic mass is 10.1. The summed E-state index contributed by atoms with van der Waals surface area (Å²) in [5, 5.41) is 0.422. The van der Waals surface area contributed by atoms with Crippen molar-refractivity contribution >= 4 is 29.5 Å². The molecule has 0 saturated heterocycles. The third-order valence-corrected chi connectivity index (χ3v) is 3.49. The molecule has 0 amide bonds. The molecule has 0 bridgehead atoms. The lowest BCUT2D eigenvalue weighted by molar-refractivity contribution is -0.137. The lowest BCUT2D eigenvalue weighted by Gasteiger charge is -2.09. The van der Waals surface area contributed by atoms with Crippen LogP contribution in [0.2, 0.25) is 5.02 Å². The quantitative estimate of drug-likeness (QED) is 0.581. The van der Waals surface area contributed by atoms with Crippen molar-refractivity contribution in [1.82, 2.24) is 0 Å². The minimum Gasteiger partial charge on any atom is -0.402 e. The number of hydrogen-bond donors (Lipinski definition) is 0. The number of cyclic esters (lactones) is 1. The number of aliphatic imine (C=N–C) groups is 1. The standard InChI is InChI=1S/C17H9ClF3NO2/c18-12-6-3-5-11(8-12)15-22-14(16(23)24-15)9-10-4-1-2-7-13(10)17(19,20)21/h1-9H/b14-9-. The Morgan fingerprint density at radius 3 is 2.54 bits per heavy atom. The minimum absolute atomic E-state index is 0.00163. The van der Waals surface area contributed by atoms with Gasteiger partial charge < -0.3 is 4.74 Å². The van der Waals surface area contributed by atoms with Crippen LogP contribution in [0.15, 0.2) is 59.2 Å². The number of esters is 1. The summed E-state index contributed by atoms with van der Waals surface area (Å²) in [6, 6.07) is 11.4. The zero-order valence-electron chi connectivity index (χ0n) is 12.0. The Morgan fingerprint density at radius 1 is 1.08 bits per heavy atom. The third kappa shape index (κ3) is 3.33. The predicted octanol–water partition coefficient (Wildman–Crippen LogP) is 4.70. The van der Waals surface area contributed by atoms with Gasteiger partial charge in [-0.1, -0.05) is 35.9 Å². The van der Waals surface area contributed by atoms with Gasteiger partial charge in [-0.15, -0.1) is 0 Å². The molecule has 122 valence electrons. The molecule has 0 unspecified atom stereocenters. The monoisotopic (exact) mass is 351 g/mol. The summed E-state index contributed by atoms with van der Waals surface area (Å²) >= 11 is 5.86. The van der Waals surface area contributed by atoms with Gasteiger partial charge in [0.25, 0.3) is 0 Å². The largest absolute Gasteiger partial charge is 0.416 e. The van der Waals surface area contributed by atoms with Crippen LogP contribution >= 0.6 is 11.6 Å². The number of alkyl halides is 3. The Labute approximate surface area is 140 Å². The van der Waals surface area contributed by atoms with Gasteiger partial charge in [-0.05, 0) is 35.9 Å². The van der Waals surface area contributed by atoms with E-state index in [-0.39, 0.29) is 17.2 Å². The van der Waals surface area contributed by atoms with Gasteiger partial charge >= 0.3 is 12.1 Å². The molecule has 0 fully saturated rings. The van der Waals surface area contributed by atoms with Crippen molar-refractivity contribution in [3.05, 3.63) is 75.9 Å². The van der Waals surface area contributed by atoms with Crippen molar-refractivity contribution in [3.8, 4) is 0 Å². The number of nitrogens with zero attached hydrogens (tertiary/aromatic N) is 1. The Morgan fingerprint density at radius 2 is 1.83 bits per heavy atom. The maximum absolute atomic E-state index is 13.0. The first-order valence-corrected chi connectivity index (χ1v) is 7.17. The van der Waals surface area contributed by atoms with Crippen molar-refractivity contribution in [2.75, 3.05) is 0 Å². The smallest absolute Gasteiger partial charge is 0.402 e. The molecule has 0 aromatic heterocycles. The molecule has 3 nitrogen and oxygen atoms in total. The average molecular weight is 352 g/mol. The molecule has 3 rings (SSSR count). The van der Waals surface area contributed by atoms with Crippen LogP contribution in [0.4, 0.5) is 13.2 Å². The lowest BCUT2D eigenvalue weighted by Crippen LogP contribution is -2.08. The van der Waals surface area contributed by atoms with E-state index in [1.165, 1.54) is 18.2 Å². The summed E-state index contributed by atoms with van der Waals surface area (Å²) in [6.45, 7) is 0. The highest BCUT2D eigenvalue weighted by atomic mass is 35.5. The van der Waals surface area contributed by atoms with Gasteiger partial charge in [-0.25, -0.2) is 9.79 Å². The minimum atomic E-state index is -4.53. The van der Waals surface area contributed by atoms with E-state index < -0.39 is 17.7 Å². The third-order valence-electron chi connectivity index (χ3n) is 3.25. The summed E-state index contributed by atoms with van der Waals surface area (Å²) in [7, 11) is 0. The van der Waals surface area contributed by atoms with Crippen LogP contribution in [0, 0.1) is 0 Å². The maximum Gasteiger partial charge on any atom is 0.416 e. The van der Waals surface area contributed by atoms with Crippen molar-refractivity contribution in [1.29, 1.82) is 0 Å². The zero-order valence-corrected chi connectivity index (χ0v) is 12.7. The Bertz CT molecular complexity index is 872. The molecular weight excluding hydrogens is 343 g/mol. The van der Waals surface area contributed by atoms with Crippen LogP contribution in [0.5, 0.6) is 0 Å². The highest BCUT2D eigenvalue weighted by Crippen LogP contribution is 2.33. The first-order chi connectivity index (χ1) is 11.3. The summed E-state index contributed by atoms with van der Waals surface area (Å²) in [4.78, 5) is 15.9. The van der Waals surface area contributed by atoms with E-state index in [9.17, 15) is 18.0 Å². The SMILES string of the molecule is O=C1OC(c2cccc(Cl)c2)=N/C1=C\c1ccccc1C(F)(F)F. The molecule has 1 aliphatic heterocycles. The number of benzene rings is 2. The Balaban J connectivity index is 2.01. The van der Waals surface area contributed by atoms with Crippen molar-refractivity contribution < 1.29 is 22.7 Å². The molecule has 0 N–H and O–H groups in total. The molecule has 0 radical (unpaired) electrons. The van der Waals surface area contributed by atoms with Gasteiger partial charge in [-0.3, -0.25) is 0 Å². The Hall–Kier alpha value is -2.60. The predicted molar refractivity (Wildman–Crippen MR) is 83.5 cm³/mol. The number of hydrogen-bond acceptors (Lipinski definition) is 3. The van der Waals surface area contributed by atoms with E-state index >= 15 is 0 Å². The molecule has 0 aliphatic carbocycles. The highest BCUT2D eigenvalue weighted by molar-refractivity contribution is 6.31. The molecule has 0 saturated carbocycles.